The largest absolute Gasteiger partial charge is 0.417 e. The molecule has 1 aromatic rings. The Labute approximate surface area is 102 Å². The molecule has 0 aromatic heterocycles. The van der Waals surface area contributed by atoms with Gasteiger partial charge in [-0.2, -0.15) is 18.4 Å². The zero-order valence-electron chi connectivity index (χ0n) is 9.46. The maximum Gasteiger partial charge on any atom is 0.417 e. The van der Waals surface area contributed by atoms with Crippen molar-refractivity contribution >= 4 is 5.69 Å². The van der Waals surface area contributed by atoms with Gasteiger partial charge in [-0.3, -0.25) is 0 Å². The van der Waals surface area contributed by atoms with Gasteiger partial charge in [-0.1, -0.05) is 0 Å². The smallest absolute Gasteiger partial charge is 0.382 e. The molecule has 1 aliphatic carbocycles. The molecule has 0 radical (unpaired) electrons. The van der Waals surface area contributed by atoms with Crippen LogP contribution in [0.1, 0.15) is 24.0 Å². The number of alkyl halides is 3. The fourth-order valence-electron chi connectivity index (χ4n) is 1.99. The van der Waals surface area contributed by atoms with Crippen LogP contribution in [0.2, 0.25) is 0 Å². The maximum absolute atomic E-state index is 12.6. The van der Waals surface area contributed by atoms with Gasteiger partial charge in [0, 0.05) is 17.8 Å². The zero-order chi connectivity index (χ0) is 13.3. The third kappa shape index (κ3) is 2.57. The van der Waals surface area contributed by atoms with E-state index in [1.165, 1.54) is 12.1 Å². The summed E-state index contributed by atoms with van der Waals surface area (Å²) in [5.74, 6) is 0. The summed E-state index contributed by atoms with van der Waals surface area (Å²) in [5.41, 5.74) is 4.88. The molecule has 0 atom stereocenters. The Balaban J connectivity index is 2.18. The Kier molecular flexibility index (Phi) is 3.18. The van der Waals surface area contributed by atoms with Crippen molar-refractivity contribution in [3.63, 3.8) is 0 Å². The molecular formula is C12H12F3N3. The van der Waals surface area contributed by atoms with Crippen molar-refractivity contribution in [3.05, 3.63) is 29.3 Å². The fourth-order valence-corrected chi connectivity index (χ4v) is 1.99. The van der Waals surface area contributed by atoms with E-state index in [0.29, 0.717) is 5.69 Å². The van der Waals surface area contributed by atoms with Gasteiger partial charge in [0.05, 0.1) is 17.2 Å². The summed E-state index contributed by atoms with van der Waals surface area (Å²) >= 11 is 0. The number of nitrogens with zero attached hydrogens (tertiary/aromatic N) is 1. The van der Waals surface area contributed by atoms with Crippen LogP contribution in [0.5, 0.6) is 0 Å². The highest BCUT2D eigenvalue weighted by Gasteiger charge is 2.34. The second kappa shape index (κ2) is 4.50. The van der Waals surface area contributed by atoms with E-state index in [2.05, 4.69) is 5.32 Å². The highest BCUT2D eigenvalue weighted by Crippen LogP contribution is 2.33. The molecule has 1 saturated carbocycles. The van der Waals surface area contributed by atoms with Crippen LogP contribution < -0.4 is 11.1 Å². The summed E-state index contributed by atoms with van der Waals surface area (Å²) in [6.07, 6.45) is -2.91. The molecule has 1 aromatic carbocycles. The van der Waals surface area contributed by atoms with Gasteiger partial charge in [0.15, 0.2) is 0 Å². The number of halogens is 3. The van der Waals surface area contributed by atoms with Gasteiger partial charge in [0.2, 0.25) is 0 Å². The molecule has 18 heavy (non-hydrogen) atoms. The number of nitriles is 1. The van der Waals surface area contributed by atoms with Crippen LogP contribution in [-0.4, -0.2) is 12.1 Å². The van der Waals surface area contributed by atoms with Crippen LogP contribution in [0.3, 0.4) is 0 Å². The minimum absolute atomic E-state index is 0.160. The van der Waals surface area contributed by atoms with Crippen LogP contribution in [0.15, 0.2) is 18.2 Å². The van der Waals surface area contributed by atoms with E-state index in [9.17, 15) is 13.2 Å². The van der Waals surface area contributed by atoms with Crippen LogP contribution in [0, 0.1) is 11.3 Å². The van der Waals surface area contributed by atoms with Crippen LogP contribution in [0.4, 0.5) is 18.9 Å². The summed E-state index contributed by atoms with van der Waals surface area (Å²) in [5, 5.41) is 11.8. The Bertz CT molecular complexity index is 484. The van der Waals surface area contributed by atoms with Gasteiger partial charge < -0.3 is 11.1 Å². The lowest BCUT2D eigenvalue weighted by molar-refractivity contribution is -0.137. The van der Waals surface area contributed by atoms with Gasteiger partial charge in [0.25, 0.3) is 0 Å². The molecule has 6 heteroatoms. The first-order valence-corrected chi connectivity index (χ1v) is 5.53. The van der Waals surface area contributed by atoms with Gasteiger partial charge >= 0.3 is 6.18 Å². The van der Waals surface area contributed by atoms with Crippen molar-refractivity contribution in [2.75, 3.05) is 5.32 Å². The SMILES string of the molecule is N#Cc1cc(NC2CC(N)C2)ccc1C(F)(F)F. The second-order valence-corrected chi connectivity index (χ2v) is 4.44. The first-order valence-electron chi connectivity index (χ1n) is 5.53. The van der Waals surface area contributed by atoms with E-state index < -0.39 is 11.7 Å². The van der Waals surface area contributed by atoms with E-state index >= 15 is 0 Å². The lowest BCUT2D eigenvalue weighted by atomic mass is 9.87. The molecule has 0 unspecified atom stereocenters. The number of nitrogens with two attached hydrogens (primary N) is 1. The van der Waals surface area contributed by atoms with Crippen molar-refractivity contribution in [3.8, 4) is 6.07 Å². The molecule has 0 spiro atoms. The lowest BCUT2D eigenvalue weighted by Crippen LogP contribution is -2.44. The molecule has 0 saturated heterocycles. The molecule has 0 heterocycles. The number of benzene rings is 1. The third-order valence-corrected chi connectivity index (χ3v) is 2.99. The monoisotopic (exact) mass is 255 g/mol. The number of nitrogens with one attached hydrogen (secondary N) is 1. The average molecular weight is 255 g/mol. The minimum atomic E-state index is -4.50. The zero-order valence-corrected chi connectivity index (χ0v) is 9.46. The van der Waals surface area contributed by atoms with Crippen molar-refractivity contribution < 1.29 is 13.2 Å². The molecule has 2 rings (SSSR count). The van der Waals surface area contributed by atoms with Crippen molar-refractivity contribution in [2.24, 2.45) is 5.73 Å². The summed E-state index contributed by atoms with van der Waals surface area (Å²) in [4.78, 5) is 0. The van der Waals surface area contributed by atoms with E-state index in [1.54, 1.807) is 6.07 Å². The number of anilines is 1. The van der Waals surface area contributed by atoms with Gasteiger partial charge in [-0.25, -0.2) is 0 Å². The average Bonchev–Trinajstić information content (AvgIpc) is 2.25. The molecule has 0 amide bonds. The van der Waals surface area contributed by atoms with Crippen LogP contribution >= 0.6 is 0 Å². The summed E-state index contributed by atoms with van der Waals surface area (Å²) in [6, 6.07) is 5.42. The highest BCUT2D eigenvalue weighted by atomic mass is 19.4. The lowest BCUT2D eigenvalue weighted by Gasteiger charge is -2.33. The maximum atomic E-state index is 12.6. The first kappa shape index (κ1) is 12.7. The van der Waals surface area contributed by atoms with Crippen molar-refractivity contribution in [1.82, 2.24) is 0 Å². The number of rotatable bonds is 2. The van der Waals surface area contributed by atoms with E-state index in [1.807, 2.05) is 0 Å². The molecule has 3 N–H and O–H groups in total. The Morgan fingerprint density at radius 2 is 2.00 bits per heavy atom. The topological polar surface area (TPSA) is 61.8 Å². The molecule has 0 aliphatic heterocycles. The van der Waals surface area contributed by atoms with Crippen molar-refractivity contribution in [2.45, 2.75) is 31.1 Å². The standard InChI is InChI=1S/C12H12F3N3/c13-12(14,15)11-2-1-9(3-7(11)6-16)18-10-4-8(17)5-10/h1-3,8,10,18H,4-5,17H2. The molecule has 1 fully saturated rings. The Hall–Kier alpha value is -1.74. The molecule has 3 nitrogen and oxygen atoms in total. The summed E-state index contributed by atoms with van der Waals surface area (Å²) in [6.45, 7) is 0. The number of hydrogen-bond donors (Lipinski definition) is 2. The summed E-state index contributed by atoms with van der Waals surface area (Å²) < 4.78 is 37.7. The van der Waals surface area contributed by atoms with E-state index in [4.69, 9.17) is 11.0 Å². The summed E-state index contributed by atoms with van der Waals surface area (Å²) in [7, 11) is 0. The van der Waals surface area contributed by atoms with Crippen LogP contribution in [-0.2, 0) is 6.18 Å². The highest BCUT2D eigenvalue weighted by molar-refractivity contribution is 5.54. The third-order valence-electron chi connectivity index (χ3n) is 2.99. The molecule has 96 valence electrons. The predicted octanol–water partition coefficient (Wildman–Crippen LogP) is 2.48. The molecular weight excluding hydrogens is 243 g/mol. The van der Waals surface area contributed by atoms with Gasteiger partial charge in [0.1, 0.15) is 0 Å². The van der Waals surface area contributed by atoms with E-state index in [-0.39, 0.29) is 17.6 Å². The second-order valence-electron chi connectivity index (χ2n) is 4.44. The van der Waals surface area contributed by atoms with Crippen LogP contribution in [0.25, 0.3) is 0 Å². The minimum Gasteiger partial charge on any atom is -0.382 e. The first-order chi connectivity index (χ1) is 8.40. The normalized spacial score (nSPS) is 23.1. The molecule has 0 bridgehead atoms. The quantitative estimate of drug-likeness (QED) is 0.853. The Morgan fingerprint density at radius 1 is 1.33 bits per heavy atom. The van der Waals surface area contributed by atoms with Gasteiger partial charge in [-0.05, 0) is 31.0 Å². The van der Waals surface area contributed by atoms with Gasteiger partial charge in [-0.15, -0.1) is 0 Å². The number of hydrogen-bond acceptors (Lipinski definition) is 3. The molecule has 1 aliphatic rings. The van der Waals surface area contributed by atoms with E-state index in [0.717, 1.165) is 18.9 Å². The fraction of sp³-hybridized carbons (Fsp3) is 0.417. The predicted molar refractivity (Wildman–Crippen MR) is 60.8 cm³/mol. The Morgan fingerprint density at radius 3 is 2.50 bits per heavy atom. The van der Waals surface area contributed by atoms with Crippen molar-refractivity contribution in [1.29, 1.82) is 5.26 Å².